The first-order valence-corrected chi connectivity index (χ1v) is 6.71. The van der Waals surface area contributed by atoms with Crippen LogP contribution in [0.5, 0.6) is 0 Å². The number of hydrogen-bond acceptors (Lipinski definition) is 5. The van der Waals surface area contributed by atoms with Crippen LogP contribution in [0.3, 0.4) is 0 Å². The largest absolute Gasteiger partial charge is 0.378 e. The first-order chi connectivity index (χ1) is 9.74. The first kappa shape index (κ1) is 13.0. The highest BCUT2D eigenvalue weighted by molar-refractivity contribution is 9.10. The summed E-state index contributed by atoms with van der Waals surface area (Å²) in [5, 5.41) is 14.1. The Morgan fingerprint density at radius 1 is 1.15 bits per heavy atom. The fourth-order valence-electron chi connectivity index (χ4n) is 1.78. The maximum atomic E-state index is 10.2. The maximum Gasteiger partial charge on any atom is 0.260 e. The monoisotopic (exact) mass is 331 g/mol. The third-order valence-corrected chi connectivity index (χ3v) is 3.19. The van der Waals surface area contributed by atoms with Gasteiger partial charge in [-0.2, -0.15) is 4.98 Å². The van der Waals surface area contributed by atoms with Crippen molar-refractivity contribution < 1.29 is 9.63 Å². The van der Waals surface area contributed by atoms with Crippen molar-refractivity contribution in [1.82, 2.24) is 15.1 Å². The predicted molar refractivity (Wildman–Crippen MR) is 75.7 cm³/mol. The predicted octanol–water partition coefficient (Wildman–Crippen LogP) is 2.98. The maximum absolute atomic E-state index is 10.2. The first-order valence-electron chi connectivity index (χ1n) is 5.91. The van der Waals surface area contributed by atoms with Gasteiger partial charge in [0.2, 0.25) is 5.82 Å². The molecular weight excluding hydrogens is 322 g/mol. The minimum atomic E-state index is -0.933. The van der Waals surface area contributed by atoms with Gasteiger partial charge in [-0.25, -0.2) is 0 Å². The Labute approximate surface area is 123 Å². The van der Waals surface area contributed by atoms with Gasteiger partial charge in [-0.05, 0) is 27.6 Å². The highest BCUT2D eigenvalue weighted by Crippen LogP contribution is 2.24. The highest BCUT2D eigenvalue weighted by Gasteiger charge is 2.18. The normalized spacial score (nSPS) is 12.3. The van der Waals surface area contributed by atoms with Gasteiger partial charge in [0.1, 0.15) is 0 Å². The van der Waals surface area contributed by atoms with Crippen molar-refractivity contribution in [3.8, 4) is 11.4 Å². The molecule has 0 saturated carbocycles. The van der Waals surface area contributed by atoms with Gasteiger partial charge in [0, 0.05) is 22.4 Å². The molecule has 1 atom stereocenters. The van der Waals surface area contributed by atoms with Crippen LogP contribution in [0, 0.1) is 0 Å². The second-order valence-electron chi connectivity index (χ2n) is 4.16. The molecule has 6 heteroatoms. The van der Waals surface area contributed by atoms with E-state index in [0.29, 0.717) is 11.4 Å². The van der Waals surface area contributed by atoms with Gasteiger partial charge < -0.3 is 9.63 Å². The zero-order valence-electron chi connectivity index (χ0n) is 10.3. The molecule has 1 unspecified atom stereocenters. The quantitative estimate of drug-likeness (QED) is 0.798. The third-order valence-electron chi connectivity index (χ3n) is 2.75. The summed E-state index contributed by atoms with van der Waals surface area (Å²) in [4.78, 5) is 8.25. The van der Waals surface area contributed by atoms with Crippen molar-refractivity contribution in [2.45, 2.75) is 6.10 Å². The molecule has 0 amide bonds. The van der Waals surface area contributed by atoms with Crippen molar-refractivity contribution in [3.05, 3.63) is 64.7 Å². The van der Waals surface area contributed by atoms with Crippen LogP contribution in [0.4, 0.5) is 0 Å². The molecule has 0 radical (unpaired) electrons. The van der Waals surface area contributed by atoms with Gasteiger partial charge in [-0.15, -0.1) is 0 Å². The average Bonchev–Trinajstić information content (AvgIpc) is 2.97. The molecule has 1 aromatic carbocycles. The molecule has 0 aliphatic rings. The third kappa shape index (κ3) is 2.61. The zero-order chi connectivity index (χ0) is 13.9. The Balaban J connectivity index is 1.91. The number of rotatable bonds is 3. The van der Waals surface area contributed by atoms with Crippen LogP contribution in [0.1, 0.15) is 17.6 Å². The van der Waals surface area contributed by atoms with E-state index in [9.17, 15) is 5.11 Å². The summed E-state index contributed by atoms with van der Waals surface area (Å²) in [6.45, 7) is 0. The Bertz CT molecular complexity index is 715. The van der Waals surface area contributed by atoms with Crippen molar-refractivity contribution >= 4 is 15.9 Å². The summed E-state index contributed by atoms with van der Waals surface area (Å²) in [7, 11) is 0. The molecule has 20 heavy (non-hydrogen) atoms. The van der Waals surface area contributed by atoms with Crippen LogP contribution < -0.4 is 0 Å². The number of nitrogens with zero attached hydrogens (tertiary/aromatic N) is 3. The fourth-order valence-corrected chi connectivity index (χ4v) is 2.14. The lowest BCUT2D eigenvalue weighted by Crippen LogP contribution is -1.99. The molecular formula is C14H10BrN3O2. The lowest BCUT2D eigenvalue weighted by atomic mass is 10.1. The molecule has 3 aromatic rings. The second kappa shape index (κ2) is 5.52. The van der Waals surface area contributed by atoms with E-state index in [1.165, 1.54) is 0 Å². The standard InChI is InChI=1S/C14H10BrN3O2/c15-11-6-10(7-16-8-11)13-17-14(20-18-13)12(19)9-4-2-1-3-5-9/h1-8,12,19H. The molecule has 3 rings (SSSR count). The van der Waals surface area contributed by atoms with E-state index in [0.717, 1.165) is 10.0 Å². The number of halogens is 1. The van der Waals surface area contributed by atoms with Crippen LogP contribution >= 0.6 is 15.9 Å². The molecule has 2 aromatic heterocycles. The number of aromatic nitrogens is 3. The van der Waals surface area contributed by atoms with Crippen molar-refractivity contribution in [1.29, 1.82) is 0 Å². The summed E-state index contributed by atoms with van der Waals surface area (Å²) in [6.07, 6.45) is 2.37. The van der Waals surface area contributed by atoms with Crippen molar-refractivity contribution in [2.75, 3.05) is 0 Å². The van der Waals surface area contributed by atoms with Gasteiger partial charge >= 0.3 is 0 Å². The SMILES string of the molecule is OC(c1ccccc1)c1nc(-c2cncc(Br)c2)no1. The Morgan fingerprint density at radius 3 is 2.70 bits per heavy atom. The molecule has 1 N–H and O–H groups in total. The second-order valence-corrected chi connectivity index (χ2v) is 5.08. The molecule has 2 heterocycles. The topological polar surface area (TPSA) is 72.0 Å². The molecule has 0 aliphatic carbocycles. The zero-order valence-corrected chi connectivity index (χ0v) is 11.9. The van der Waals surface area contributed by atoms with Crippen LogP contribution in [0.15, 0.2) is 57.8 Å². The van der Waals surface area contributed by atoms with E-state index < -0.39 is 6.10 Å². The molecule has 100 valence electrons. The van der Waals surface area contributed by atoms with Gasteiger partial charge in [-0.3, -0.25) is 4.98 Å². The lowest BCUT2D eigenvalue weighted by Gasteiger charge is -2.04. The average molecular weight is 332 g/mol. The number of hydrogen-bond donors (Lipinski definition) is 1. The molecule has 0 aliphatic heterocycles. The minimum Gasteiger partial charge on any atom is -0.378 e. The van der Waals surface area contributed by atoms with E-state index in [1.54, 1.807) is 24.5 Å². The summed E-state index contributed by atoms with van der Waals surface area (Å²) in [5.41, 5.74) is 1.42. The molecule has 0 saturated heterocycles. The summed E-state index contributed by atoms with van der Waals surface area (Å²) in [6, 6.07) is 11.0. The lowest BCUT2D eigenvalue weighted by molar-refractivity contribution is 0.170. The summed E-state index contributed by atoms with van der Waals surface area (Å²) in [5.74, 6) is 0.551. The fraction of sp³-hybridized carbons (Fsp3) is 0.0714. The van der Waals surface area contributed by atoms with E-state index in [4.69, 9.17) is 4.52 Å². The molecule has 0 fully saturated rings. The Morgan fingerprint density at radius 2 is 1.95 bits per heavy atom. The van der Waals surface area contributed by atoms with Gasteiger partial charge in [0.25, 0.3) is 5.89 Å². The molecule has 0 bridgehead atoms. The van der Waals surface area contributed by atoms with Crippen LogP contribution in [-0.2, 0) is 0 Å². The van der Waals surface area contributed by atoms with E-state index in [-0.39, 0.29) is 5.89 Å². The van der Waals surface area contributed by atoms with E-state index >= 15 is 0 Å². The number of pyridine rings is 1. The number of benzene rings is 1. The van der Waals surface area contributed by atoms with Crippen molar-refractivity contribution in [2.24, 2.45) is 0 Å². The highest BCUT2D eigenvalue weighted by atomic mass is 79.9. The van der Waals surface area contributed by atoms with Crippen LogP contribution in [0.2, 0.25) is 0 Å². The molecule has 0 spiro atoms. The molecule has 5 nitrogen and oxygen atoms in total. The smallest absolute Gasteiger partial charge is 0.260 e. The number of aliphatic hydroxyl groups is 1. The summed E-state index contributed by atoms with van der Waals surface area (Å²) >= 11 is 3.33. The minimum absolute atomic E-state index is 0.158. The van der Waals surface area contributed by atoms with Gasteiger partial charge in [0.15, 0.2) is 6.10 Å². The van der Waals surface area contributed by atoms with Crippen LogP contribution in [-0.4, -0.2) is 20.2 Å². The van der Waals surface area contributed by atoms with Crippen LogP contribution in [0.25, 0.3) is 11.4 Å². The van der Waals surface area contributed by atoms with Gasteiger partial charge in [0.05, 0.1) is 0 Å². The van der Waals surface area contributed by atoms with E-state index in [2.05, 4.69) is 31.1 Å². The van der Waals surface area contributed by atoms with Gasteiger partial charge in [-0.1, -0.05) is 35.5 Å². The Hall–Kier alpha value is -2.05. The number of aliphatic hydroxyl groups excluding tert-OH is 1. The summed E-state index contributed by atoms with van der Waals surface area (Å²) < 4.78 is 5.94. The van der Waals surface area contributed by atoms with E-state index in [1.807, 2.05) is 24.3 Å². The Kier molecular flexibility index (Phi) is 3.58. The van der Waals surface area contributed by atoms with Crippen molar-refractivity contribution in [3.63, 3.8) is 0 Å².